The first-order valence-corrected chi connectivity index (χ1v) is 6.34. The lowest BCUT2D eigenvalue weighted by atomic mass is 10.5. The van der Waals surface area contributed by atoms with Gasteiger partial charge in [0.15, 0.2) is 10.8 Å². The number of nitrogens with zero attached hydrogens (tertiary/aromatic N) is 3. The summed E-state index contributed by atoms with van der Waals surface area (Å²) in [4.78, 5) is 9.94. The summed E-state index contributed by atoms with van der Waals surface area (Å²) in [6.07, 6.45) is 2.44. The molecule has 2 aromatic heterocycles. The monoisotopic (exact) mass is 266 g/mol. The lowest BCUT2D eigenvalue weighted by Gasteiger charge is -1.95. The molecule has 2 heterocycles. The van der Waals surface area contributed by atoms with E-state index in [1.807, 2.05) is 0 Å². The standard InChI is InChI=1S/C10H10N4O3S/c15-14(16)9-4-3-7(17-9)10-13-12-8(18-10)5-11-6-1-2-6/h3-4,6,11H,1-2,5H2. The quantitative estimate of drug-likeness (QED) is 0.656. The topological polar surface area (TPSA) is 94.1 Å². The molecular formula is C10H10N4O3S. The van der Waals surface area contributed by atoms with Crippen LogP contribution < -0.4 is 5.32 Å². The first-order chi connectivity index (χ1) is 8.72. The van der Waals surface area contributed by atoms with Crippen LogP contribution in [-0.4, -0.2) is 21.2 Å². The van der Waals surface area contributed by atoms with E-state index in [-0.39, 0.29) is 5.88 Å². The number of nitrogens with one attached hydrogen (secondary N) is 1. The maximum Gasteiger partial charge on any atom is 0.433 e. The van der Waals surface area contributed by atoms with E-state index in [4.69, 9.17) is 4.42 Å². The number of hydrogen-bond acceptors (Lipinski definition) is 7. The van der Waals surface area contributed by atoms with Crippen molar-refractivity contribution in [2.75, 3.05) is 0 Å². The highest BCUT2D eigenvalue weighted by molar-refractivity contribution is 7.14. The molecule has 1 saturated carbocycles. The highest BCUT2D eigenvalue weighted by atomic mass is 32.1. The van der Waals surface area contributed by atoms with Crippen molar-refractivity contribution in [3.8, 4) is 10.8 Å². The summed E-state index contributed by atoms with van der Waals surface area (Å²) in [5.74, 6) is 0.106. The number of nitro groups is 1. The first-order valence-electron chi connectivity index (χ1n) is 5.53. The molecule has 1 aliphatic carbocycles. The average Bonchev–Trinajstić information content (AvgIpc) is 2.88. The van der Waals surface area contributed by atoms with Crippen LogP contribution in [0.25, 0.3) is 10.8 Å². The smallest absolute Gasteiger partial charge is 0.398 e. The molecule has 0 amide bonds. The maximum absolute atomic E-state index is 10.5. The molecule has 0 saturated heterocycles. The Kier molecular flexibility index (Phi) is 2.80. The van der Waals surface area contributed by atoms with Crippen molar-refractivity contribution in [2.45, 2.75) is 25.4 Å². The van der Waals surface area contributed by atoms with E-state index in [1.165, 1.54) is 36.3 Å². The summed E-state index contributed by atoms with van der Waals surface area (Å²) >= 11 is 1.38. The van der Waals surface area contributed by atoms with Gasteiger partial charge in [-0.1, -0.05) is 11.3 Å². The van der Waals surface area contributed by atoms with Gasteiger partial charge in [0.25, 0.3) is 0 Å². The first kappa shape index (κ1) is 11.3. The Hall–Kier alpha value is -1.80. The molecule has 94 valence electrons. The molecule has 1 fully saturated rings. The average molecular weight is 266 g/mol. The van der Waals surface area contributed by atoms with Gasteiger partial charge in [0.1, 0.15) is 9.93 Å². The van der Waals surface area contributed by atoms with Gasteiger partial charge in [-0.25, -0.2) is 0 Å². The molecule has 3 rings (SSSR count). The van der Waals surface area contributed by atoms with Crippen molar-refractivity contribution >= 4 is 17.2 Å². The fraction of sp³-hybridized carbons (Fsp3) is 0.400. The van der Waals surface area contributed by atoms with Gasteiger partial charge >= 0.3 is 5.88 Å². The zero-order chi connectivity index (χ0) is 12.5. The van der Waals surface area contributed by atoms with E-state index in [1.54, 1.807) is 0 Å². The molecule has 0 spiro atoms. The van der Waals surface area contributed by atoms with Crippen LogP contribution in [0.3, 0.4) is 0 Å². The lowest BCUT2D eigenvalue weighted by Crippen LogP contribution is -2.14. The third kappa shape index (κ3) is 2.39. The molecule has 0 aromatic carbocycles. The minimum Gasteiger partial charge on any atom is -0.398 e. The predicted octanol–water partition coefficient (Wildman–Crippen LogP) is 1.96. The maximum atomic E-state index is 10.5. The van der Waals surface area contributed by atoms with E-state index >= 15 is 0 Å². The second-order valence-corrected chi connectivity index (χ2v) is 5.11. The van der Waals surface area contributed by atoms with Crippen LogP contribution in [0, 0.1) is 10.1 Å². The molecular weight excluding hydrogens is 256 g/mol. The summed E-state index contributed by atoms with van der Waals surface area (Å²) in [6, 6.07) is 3.47. The number of furan rings is 1. The summed E-state index contributed by atoms with van der Waals surface area (Å²) in [7, 11) is 0. The van der Waals surface area contributed by atoms with Crippen LogP contribution in [0.2, 0.25) is 0 Å². The molecule has 0 radical (unpaired) electrons. The second kappa shape index (κ2) is 4.46. The molecule has 0 aliphatic heterocycles. The van der Waals surface area contributed by atoms with E-state index in [0.717, 1.165) is 5.01 Å². The predicted molar refractivity (Wildman–Crippen MR) is 64.1 cm³/mol. The van der Waals surface area contributed by atoms with Crippen molar-refractivity contribution < 1.29 is 9.34 Å². The Balaban J connectivity index is 1.72. The van der Waals surface area contributed by atoms with E-state index in [0.29, 0.717) is 23.4 Å². The molecule has 7 nitrogen and oxygen atoms in total. The molecule has 0 unspecified atom stereocenters. The largest absolute Gasteiger partial charge is 0.433 e. The van der Waals surface area contributed by atoms with Gasteiger partial charge in [-0.3, -0.25) is 10.1 Å². The Bertz CT molecular complexity index is 575. The molecule has 0 atom stereocenters. The fourth-order valence-electron chi connectivity index (χ4n) is 1.48. The highest BCUT2D eigenvalue weighted by Crippen LogP contribution is 2.28. The number of hydrogen-bond donors (Lipinski definition) is 1. The highest BCUT2D eigenvalue weighted by Gasteiger charge is 2.21. The SMILES string of the molecule is O=[N+]([O-])c1ccc(-c2nnc(CNC3CC3)s2)o1. The molecule has 1 aliphatic rings. The fourth-order valence-corrected chi connectivity index (χ4v) is 2.24. The number of rotatable bonds is 5. The van der Waals surface area contributed by atoms with E-state index < -0.39 is 4.92 Å². The van der Waals surface area contributed by atoms with Gasteiger partial charge in [0.2, 0.25) is 0 Å². The Labute approximate surface area is 106 Å². The molecule has 18 heavy (non-hydrogen) atoms. The van der Waals surface area contributed by atoms with Gasteiger partial charge in [-0.05, 0) is 18.9 Å². The molecule has 1 N–H and O–H groups in total. The van der Waals surface area contributed by atoms with Crippen molar-refractivity contribution in [2.24, 2.45) is 0 Å². The van der Waals surface area contributed by atoms with Crippen LogP contribution in [0.4, 0.5) is 5.88 Å². The summed E-state index contributed by atoms with van der Waals surface area (Å²) in [5.41, 5.74) is 0. The van der Waals surface area contributed by atoms with Crippen molar-refractivity contribution in [3.63, 3.8) is 0 Å². The van der Waals surface area contributed by atoms with Crippen LogP contribution in [0.5, 0.6) is 0 Å². The van der Waals surface area contributed by atoms with Crippen LogP contribution >= 0.6 is 11.3 Å². The van der Waals surface area contributed by atoms with Crippen LogP contribution in [-0.2, 0) is 6.54 Å². The molecule has 2 aromatic rings. The van der Waals surface area contributed by atoms with Crippen molar-refractivity contribution in [1.29, 1.82) is 0 Å². The zero-order valence-electron chi connectivity index (χ0n) is 9.33. The van der Waals surface area contributed by atoms with Crippen molar-refractivity contribution in [1.82, 2.24) is 15.5 Å². The van der Waals surface area contributed by atoms with E-state index in [2.05, 4.69) is 15.5 Å². The summed E-state index contributed by atoms with van der Waals surface area (Å²) < 4.78 is 5.07. The van der Waals surface area contributed by atoms with Gasteiger partial charge in [0.05, 0.1) is 6.07 Å². The van der Waals surface area contributed by atoms with Gasteiger partial charge in [0, 0.05) is 12.6 Å². The summed E-state index contributed by atoms with van der Waals surface area (Å²) in [6.45, 7) is 0.686. The Morgan fingerprint density at radius 3 is 3.00 bits per heavy atom. The lowest BCUT2D eigenvalue weighted by molar-refractivity contribution is -0.401. The zero-order valence-corrected chi connectivity index (χ0v) is 10.1. The van der Waals surface area contributed by atoms with Crippen LogP contribution in [0.1, 0.15) is 17.8 Å². The van der Waals surface area contributed by atoms with E-state index in [9.17, 15) is 10.1 Å². The summed E-state index contributed by atoms with van der Waals surface area (Å²) in [5, 5.41) is 23.2. The molecule has 8 heteroatoms. The van der Waals surface area contributed by atoms with Crippen molar-refractivity contribution in [3.05, 3.63) is 27.3 Å². The second-order valence-electron chi connectivity index (χ2n) is 4.05. The van der Waals surface area contributed by atoms with Gasteiger partial charge in [-0.2, -0.15) is 0 Å². The van der Waals surface area contributed by atoms with Gasteiger partial charge < -0.3 is 9.73 Å². The third-order valence-electron chi connectivity index (χ3n) is 2.57. The normalized spacial score (nSPS) is 14.9. The number of aromatic nitrogens is 2. The Morgan fingerprint density at radius 2 is 2.33 bits per heavy atom. The van der Waals surface area contributed by atoms with Crippen LogP contribution in [0.15, 0.2) is 16.5 Å². The Morgan fingerprint density at radius 1 is 1.50 bits per heavy atom. The minimum absolute atomic E-state index is 0.280. The third-order valence-corrected chi connectivity index (χ3v) is 3.51. The molecule has 0 bridgehead atoms. The minimum atomic E-state index is -0.569. The van der Waals surface area contributed by atoms with Gasteiger partial charge in [-0.15, -0.1) is 10.2 Å².